The van der Waals surface area contributed by atoms with Crippen LogP contribution >= 0.6 is 0 Å². The lowest BCUT2D eigenvalue weighted by molar-refractivity contribution is 0.101. The predicted octanol–water partition coefficient (Wildman–Crippen LogP) is 2.40. The maximum Gasteiger partial charge on any atom is 0.278 e. The van der Waals surface area contributed by atoms with Crippen LogP contribution in [0.5, 0.6) is 0 Å². The first-order chi connectivity index (χ1) is 8.61. The fourth-order valence-electron chi connectivity index (χ4n) is 1.59. The van der Waals surface area contributed by atoms with E-state index in [2.05, 4.69) is 22.5 Å². The first-order valence-corrected chi connectivity index (χ1v) is 5.90. The summed E-state index contributed by atoms with van der Waals surface area (Å²) < 4.78 is 6.65. The van der Waals surface area contributed by atoms with Crippen molar-refractivity contribution in [2.75, 3.05) is 5.32 Å². The molecule has 2 aromatic rings. The summed E-state index contributed by atoms with van der Waals surface area (Å²) >= 11 is 0. The monoisotopic (exact) mass is 248 g/mol. The molecule has 2 aromatic heterocycles. The van der Waals surface area contributed by atoms with Crippen LogP contribution in [-0.2, 0) is 0 Å². The van der Waals surface area contributed by atoms with Gasteiger partial charge in [0, 0.05) is 12.1 Å². The molecule has 0 aliphatic rings. The van der Waals surface area contributed by atoms with Gasteiger partial charge in [-0.15, -0.1) is 0 Å². The predicted molar refractivity (Wildman–Crippen MR) is 66.4 cm³/mol. The molecule has 0 aromatic carbocycles. The molecule has 0 spiro atoms. The number of rotatable bonds is 4. The summed E-state index contributed by atoms with van der Waals surface area (Å²) in [6.07, 6.45) is 2.60. The van der Waals surface area contributed by atoms with E-state index in [4.69, 9.17) is 4.52 Å². The Kier molecular flexibility index (Phi) is 3.45. The second-order valence-electron chi connectivity index (χ2n) is 4.20. The van der Waals surface area contributed by atoms with Crippen molar-refractivity contribution in [2.45, 2.75) is 33.2 Å². The Bertz CT molecular complexity index is 544. The lowest BCUT2D eigenvalue weighted by Gasteiger charge is -2.13. The lowest BCUT2D eigenvalue weighted by atomic mass is 10.3. The first-order valence-electron chi connectivity index (χ1n) is 5.90. The molecule has 2 rings (SSSR count). The van der Waals surface area contributed by atoms with Gasteiger partial charge in [-0.05, 0) is 20.3 Å². The van der Waals surface area contributed by atoms with Crippen molar-refractivity contribution in [1.82, 2.24) is 14.9 Å². The molecule has 0 saturated heterocycles. The van der Waals surface area contributed by atoms with Crippen molar-refractivity contribution >= 4 is 11.7 Å². The second kappa shape index (κ2) is 5.03. The van der Waals surface area contributed by atoms with Gasteiger partial charge in [-0.1, -0.05) is 12.1 Å². The Hall–Kier alpha value is -2.11. The molecule has 1 atom stereocenters. The fraction of sp³-hybridized carbons (Fsp3) is 0.417. The Balaban J connectivity index is 2.15. The van der Waals surface area contributed by atoms with Crippen LogP contribution in [0.25, 0.3) is 0 Å². The van der Waals surface area contributed by atoms with Crippen LogP contribution in [0.3, 0.4) is 0 Å². The van der Waals surface area contributed by atoms with Gasteiger partial charge in [0.25, 0.3) is 5.91 Å². The van der Waals surface area contributed by atoms with Crippen molar-refractivity contribution in [3.8, 4) is 0 Å². The van der Waals surface area contributed by atoms with Gasteiger partial charge < -0.3 is 9.84 Å². The van der Waals surface area contributed by atoms with Crippen LogP contribution in [0.2, 0.25) is 0 Å². The average Bonchev–Trinajstić information content (AvgIpc) is 2.97. The van der Waals surface area contributed by atoms with Gasteiger partial charge in [0.05, 0.1) is 12.2 Å². The summed E-state index contributed by atoms with van der Waals surface area (Å²) in [6.45, 7) is 5.86. The van der Waals surface area contributed by atoms with Crippen molar-refractivity contribution in [3.05, 3.63) is 29.8 Å². The molecule has 1 unspecified atom stereocenters. The molecule has 1 N–H and O–H groups in total. The molecule has 0 fully saturated rings. The third kappa shape index (κ3) is 2.42. The van der Waals surface area contributed by atoms with Crippen molar-refractivity contribution in [1.29, 1.82) is 0 Å². The van der Waals surface area contributed by atoms with Crippen LogP contribution in [0.15, 0.2) is 22.9 Å². The Labute approximate surface area is 105 Å². The van der Waals surface area contributed by atoms with Gasteiger partial charge in [0.2, 0.25) is 0 Å². The standard InChI is InChI=1S/C12H16N4O2/c1-4-8(2)16-11(5-6-13-16)14-12(17)10-7-9(3)18-15-10/h5-8H,4H2,1-3H3,(H,14,17). The van der Waals surface area contributed by atoms with Crippen LogP contribution in [-0.4, -0.2) is 20.8 Å². The number of aromatic nitrogens is 3. The molecule has 96 valence electrons. The number of anilines is 1. The molecule has 6 heteroatoms. The number of nitrogens with zero attached hydrogens (tertiary/aromatic N) is 3. The van der Waals surface area contributed by atoms with Gasteiger partial charge in [-0.25, -0.2) is 4.68 Å². The Morgan fingerprint density at radius 3 is 3.00 bits per heavy atom. The maximum atomic E-state index is 11.9. The molecule has 0 saturated carbocycles. The van der Waals surface area contributed by atoms with Gasteiger partial charge in [0.15, 0.2) is 5.69 Å². The first kappa shape index (κ1) is 12.3. The molecule has 0 bridgehead atoms. The molecule has 2 heterocycles. The van der Waals surface area contributed by atoms with Crippen LogP contribution < -0.4 is 5.32 Å². The third-order valence-electron chi connectivity index (χ3n) is 2.78. The van der Waals surface area contributed by atoms with E-state index in [-0.39, 0.29) is 17.6 Å². The number of hydrogen-bond acceptors (Lipinski definition) is 4. The Morgan fingerprint density at radius 2 is 2.39 bits per heavy atom. The highest BCUT2D eigenvalue weighted by molar-refractivity contribution is 6.02. The summed E-state index contributed by atoms with van der Waals surface area (Å²) in [5.74, 6) is 0.975. The SMILES string of the molecule is CCC(C)n1nccc1NC(=O)c1cc(C)on1. The van der Waals surface area contributed by atoms with Gasteiger partial charge in [-0.2, -0.15) is 5.10 Å². The van der Waals surface area contributed by atoms with Crippen molar-refractivity contribution < 1.29 is 9.32 Å². The quantitative estimate of drug-likeness (QED) is 0.901. The molecule has 0 aliphatic carbocycles. The molecular formula is C12H16N4O2. The van der Waals surface area contributed by atoms with Gasteiger partial charge in [-0.3, -0.25) is 4.79 Å². The van der Waals surface area contributed by atoms with Crippen LogP contribution in [0.4, 0.5) is 5.82 Å². The van der Waals surface area contributed by atoms with Gasteiger partial charge >= 0.3 is 0 Å². The van der Waals surface area contributed by atoms with Gasteiger partial charge in [0.1, 0.15) is 11.6 Å². The number of nitrogens with one attached hydrogen (secondary N) is 1. The minimum atomic E-state index is -0.295. The molecular weight excluding hydrogens is 232 g/mol. The van der Waals surface area contributed by atoms with E-state index < -0.39 is 0 Å². The highest BCUT2D eigenvalue weighted by atomic mass is 16.5. The zero-order chi connectivity index (χ0) is 13.1. The van der Waals surface area contributed by atoms with Crippen molar-refractivity contribution in [3.63, 3.8) is 0 Å². The number of amides is 1. The summed E-state index contributed by atoms with van der Waals surface area (Å²) in [7, 11) is 0. The van der Waals surface area contributed by atoms with Crippen LogP contribution in [0.1, 0.15) is 42.6 Å². The minimum absolute atomic E-state index is 0.231. The summed E-state index contributed by atoms with van der Waals surface area (Å²) in [6, 6.07) is 3.59. The maximum absolute atomic E-state index is 11.9. The lowest BCUT2D eigenvalue weighted by Crippen LogP contribution is -2.17. The summed E-state index contributed by atoms with van der Waals surface area (Å²) in [4.78, 5) is 11.9. The number of carbonyl (C=O) groups is 1. The third-order valence-corrected chi connectivity index (χ3v) is 2.78. The van der Waals surface area contributed by atoms with E-state index in [9.17, 15) is 4.79 Å². The summed E-state index contributed by atoms with van der Waals surface area (Å²) in [5, 5.41) is 10.6. The summed E-state index contributed by atoms with van der Waals surface area (Å²) in [5.41, 5.74) is 0.268. The van der Waals surface area contributed by atoms with E-state index in [1.165, 1.54) is 0 Å². The molecule has 0 radical (unpaired) electrons. The molecule has 1 amide bonds. The number of hydrogen-bond donors (Lipinski definition) is 1. The normalized spacial score (nSPS) is 12.4. The van der Waals surface area contributed by atoms with E-state index in [1.54, 1.807) is 29.9 Å². The van der Waals surface area contributed by atoms with E-state index in [0.29, 0.717) is 11.6 Å². The topological polar surface area (TPSA) is 73.0 Å². The van der Waals surface area contributed by atoms with Crippen molar-refractivity contribution in [2.24, 2.45) is 0 Å². The van der Waals surface area contributed by atoms with E-state index in [0.717, 1.165) is 6.42 Å². The Morgan fingerprint density at radius 1 is 1.61 bits per heavy atom. The fourth-order valence-corrected chi connectivity index (χ4v) is 1.59. The molecule has 6 nitrogen and oxygen atoms in total. The van der Waals surface area contributed by atoms with E-state index in [1.807, 2.05) is 6.92 Å². The smallest absolute Gasteiger partial charge is 0.278 e. The minimum Gasteiger partial charge on any atom is -0.361 e. The average molecular weight is 248 g/mol. The molecule has 18 heavy (non-hydrogen) atoms. The second-order valence-corrected chi connectivity index (χ2v) is 4.20. The highest BCUT2D eigenvalue weighted by Gasteiger charge is 2.15. The van der Waals surface area contributed by atoms with E-state index >= 15 is 0 Å². The largest absolute Gasteiger partial charge is 0.361 e. The number of aryl methyl sites for hydroxylation is 1. The highest BCUT2D eigenvalue weighted by Crippen LogP contribution is 2.17. The zero-order valence-corrected chi connectivity index (χ0v) is 10.7. The number of carbonyl (C=O) groups excluding carboxylic acids is 1. The zero-order valence-electron chi connectivity index (χ0n) is 10.7. The molecule has 0 aliphatic heterocycles. The van der Waals surface area contributed by atoms with Crippen LogP contribution in [0, 0.1) is 6.92 Å².